The summed E-state index contributed by atoms with van der Waals surface area (Å²) in [6, 6.07) is 14.4. The highest BCUT2D eigenvalue weighted by atomic mass is 32.2. The molecule has 0 aliphatic heterocycles. The second-order valence-corrected chi connectivity index (χ2v) is 8.33. The van der Waals surface area contributed by atoms with Crippen molar-refractivity contribution < 1.29 is 9.59 Å². The molecule has 2 aromatic heterocycles. The van der Waals surface area contributed by atoms with Gasteiger partial charge in [0, 0.05) is 6.54 Å². The average Bonchev–Trinajstić information content (AvgIpc) is 3.25. The van der Waals surface area contributed by atoms with E-state index in [1.54, 1.807) is 16.5 Å². The van der Waals surface area contributed by atoms with Gasteiger partial charge in [0.2, 0.25) is 11.7 Å². The minimum absolute atomic E-state index is 0.0288. The van der Waals surface area contributed by atoms with Gasteiger partial charge in [0.05, 0.1) is 22.3 Å². The number of benzene rings is 2. The number of nitrogens with zero attached hydrogens (tertiary/aromatic N) is 4. The van der Waals surface area contributed by atoms with E-state index >= 15 is 0 Å². The highest BCUT2D eigenvalue weighted by molar-refractivity contribution is 7.99. The van der Waals surface area contributed by atoms with Crippen LogP contribution in [-0.4, -0.2) is 43.4 Å². The Kier molecular flexibility index (Phi) is 6.74. The van der Waals surface area contributed by atoms with Crippen LogP contribution < -0.4 is 16.2 Å². The molecule has 2 N–H and O–H groups in total. The number of aromatic nitrogens is 4. The summed E-state index contributed by atoms with van der Waals surface area (Å²) in [6.45, 7) is 4.49. The summed E-state index contributed by atoms with van der Waals surface area (Å²) >= 11 is 1.14. The highest BCUT2D eigenvalue weighted by Gasteiger charge is 2.19. The Hall–Kier alpha value is -3.66. The second-order valence-electron chi connectivity index (χ2n) is 7.39. The van der Waals surface area contributed by atoms with Crippen molar-refractivity contribution in [3.8, 4) is 5.69 Å². The fourth-order valence-electron chi connectivity index (χ4n) is 3.46. The first-order valence-corrected chi connectivity index (χ1v) is 11.7. The van der Waals surface area contributed by atoms with Crippen LogP contribution in [0.4, 0.5) is 4.79 Å². The van der Waals surface area contributed by atoms with Crippen LogP contribution in [0.3, 0.4) is 0 Å². The van der Waals surface area contributed by atoms with Crippen molar-refractivity contribution in [3.05, 3.63) is 64.4 Å². The third-order valence-electron chi connectivity index (χ3n) is 5.12. The summed E-state index contributed by atoms with van der Waals surface area (Å²) in [6.07, 6.45) is 1.67. The monoisotopic (exact) mass is 464 g/mol. The third-order valence-corrected chi connectivity index (χ3v) is 6.05. The van der Waals surface area contributed by atoms with E-state index < -0.39 is 11.9 Å². The zero-order valence-electron chi connectivity index (χ0n) is 18.4. The van der Waals surface area contributed by atoms with E-state index in [9.17, 15) is 14.4 Å². The molecule has 0 atom stereocenters. The van der Waals surface area contributed by atoms with Gasteiger partial charge in [-0.05, 0) is 42.7 Å². The molecule has 0 saturated carbocycles. The molecular weight excluding hydrogens is 440 g/mol. The topological polar surface area (TPSA) is 110 Å². The second kappa shape index (κ2) is 9.86. The van der Waals surface area contributed by atoms with Crippen LogP contribution in [-0.2, 0) is 11.2 Å². The minimum atomic E-state index is -0.525. The molecular formula is C23H24N6O3S. The number of fused-ring (bicyclic) bond motifs is 3. The number of urea groups is 1. The maximum atomic E-state index is 13.3. The van der Waals surface area contributed by atoms with E-state index in [1.807, 2.05) is 43.3 Å². The quantitative estimate of drug-likeness (QED) is 0.407. The molecule has 0 saturated heterocycles. The fourth-order valence-corrected chi connectivity index (χ4v) is 4.20. The Balaban J connectivity index is 1.73. The Morgan fingerprint density at radius 1 is 1.03 bits per heavy atom. The SMILES string of the molecule is CCCNC(=O)NC(=O)CSc1nnc2n(-c3ccc(CC)cc3)c(=O)c3ccccc3n12. The number of hydrogen-bond donors (Lipinski definition) is 2. The molecule has 0 unspecified atom stereocenters. The molecule has 0 bridgehead atoms. The van der Waals surface area contributed by atoms with E-state index in [-0.39, 0.29) is 11.3 Å². The summed E-state index contributed by atoms with van der Waals surface area (Å²) in [7, 11) is 0. The van der Waals surface area contributed by atoms with Gasteiger partial charge in [-0.15, -0.1) is 10.2 Å². The Labute approximate surface area is 194 Å². The summed E-state index contributed by atoms with van der Waals surface area (Å²) in [5, 5.41) is 14.4. The lowest BCUT2D eigenvalue weighted by molar-refractivity contribution is -0.117. The zero-order chi connectivity index (χ0) is 23.4. The molecule has 9 nitrogen and oxygen atoms in total. The first kappa shape index (κ1) is 22.5. The fraction of sp³-hybridized carbons (Fsp3) is 0.261. The number of carbonyl (C=O) groups is 2. The summed E-state index contributed by atoms with van der Waals surface area (Å²) in [5.74, 6) is -0.122. The lowest BCUT2D eigenvalue weighted by Gasteiger charge is -2.12. The molecule has 0 spiro atoms. The molecule has 0 fully saturated rings. The third kappa shape index (κ3) is 4.61. The zero-order valence-corrected chi connectivity index (χ0v) is 19.2. The first-order chi connectivity index (χ1) is 16.0. The van der Waals surface area contributed by atoms with Crippen molar-refractivity contribution >= 4 is 40.4 Å². The molecule has 10 heteroatoms. The standard InChI is InChI=1S/C23H24N6O3S/c1-3-13-24-21(32)25-19(30)14-33-23-27-26-22-28(16-11-9-15(4-2)10-12-16)20(31)17-7-5-6-8-18(17)29(22)23/h5-12H,3-4,13-14H2,1-2H3,(H2,24,25,30,32). The highest BCUT2D eigenvalue weighted by Crippen LogP contribution is 2.23. The van der Waals surface area contributed by atoms with Gasteiger partial charge in [0.1, 0.15) is 0 Å². The van der Waals surface area contributed by atoms with Gasteiger partial charge in [-0.25, -0.2) is 9.36 Å². The molecule has 4 aromatic rings. The van der Waals surface area contributed by atoms with Crippen LogP contribution in [0.15, 0.2) is 58.5 Å². The van der Waals surface area contributed by atoms with E-state index in [0.717, 1.165) is 30.2 Å². The lowest BCUT2D eigenvalue weighted by Crippen LogP contribution is -2.40. The number of rotatable bonds is 7. The van der Waals surface area contributed by atoms with Crippen LogP contribution in [0.2, 0.25) is 0 Å². The van der Waals surface area contributed by atoms with Crippen molar-refractivity contribution in [2.45, 2.75) is 31.8 Å². The van der Waals surface area contributed by atoms with Crippen molar-refractivity contribution in [1.29, 1.82) is 0 Å². The number of aryl methyl sites for hydroxylation is 1. The molecule has 0 aliphatic carbocycles. The number of carbonyl (C=O) groups excluding carboxylic acids is 2. The largest absolute Gasteiger partial charge is 0.338 e. The summed E-state index contributed by atoms with van der Waals surface area (Å²) < 4.78 is 3.29. The molecule has 2 aromatic carbocycles. The van der Waals surface area contributed by atoms with Gasteiger partial charge in [-0.1, -0.05) is 49.9 Å². The predicted molar refractivity (Wildman–Crippen MR) is 128 cm³/mol. The van der Waals surface area contributed by atoms with Crippen LogP contribution in [0.25, 0.3) is 22.4 Å². The average molecular weight is 465 g/mol. The maximum absolute atomic E-state index is 13.3. The van der Waals surface area contributed by atoms with Gasteiger partial charge in [0.25, 0.3) is 5.56 Å². The van der Waals surface area contributed by atoms with Crippen LogP contribution >= 0.6 is 11.8 Å². The summed E-state index contributed by atoms with van der Waals surface area (Å²) in [4.78, 5) is 37.3. The Morgan fingerprint density at radius 3 is 2.52 bits per heavy atom. The molecule has 0 aliphatic rings. The Morgan fingerprint density at radius 2 is 1.79 bits per heavy atom. The smallest absolute Gasteiger partial charge is 0.321 e. The molecule has 33 heavy (non-hydrogen) atoms. The number of para-hydroxylation sites is 1. The molecule has 0 radical (unpaired) electrons. The van der Waals surface area contributed by atoms with Crippen molar-refractivity contribution in [3.63, 3.8) is 0 Å². The molecule has 170 valence electrons. The van der Waals surface area contributed by atoms with E-state index in [0.29, 0.717) is 34.1 Å². The molecule has 2 heterocycles. The van der Waals surface area contributed by atoms with Crippen molar-refractivity contribution in [2.24, 2.45) is 0 Å². The number of thioether (sulfide) groups is 1. The summed E-state index contributed by atoms with van der Waals surface area (Å²) in [5.41, 5.74) is 2.29. The van der Waals surface area contributed by atoms with Gasteiger partial charge < -0.3 is 5.32 Å². The molecule has 4 rings (SSSR count). The lowest BCUT2D eigenvalue weighted by atomic mass is 10.1. The van der Waals surface area contributed by atoms with Crippen molar-refractivity contribution in [1.82, 2.24) is 29.8 Å². The van der Waals surface area contributed by atoms with Crippen LogP contribution in [0, 0.1) is 0 Å². The first-order valence-electron chi connectivity index (χ1n) is 10.7. The van der Waals surface area contributed by atoms with Crippen LogP contribution in [0.5, 0.6) is 0 Å². The van der Waals surface area contributed by atoms with Crippen molar-refractivity contribution in [2.75, 3.05) is 12.3 Å². The number of nitrogens with one attached hydrogen (secondary N) is 2. The van der Waals surface area contributed by atoms with Gasteiger partial charge >= 0.3 is 6.03 Å². The normalized spacial score (nSPS) is 11.1. The predicted octanol–water partition coefficient (Wildman–Crippen LogP) is 2.92. The minimum Gasteiger partial charge on any atom is -0.338 e. The number of hydrogen-bond acceptors (Lipinski definition) is 6. The number of amides is 3. The van der Waals surface area contributed by atoms with Gasteiger partial charge in [0.15, 0.2) is 5.16 Å². The van der Waals surface area contributed by atoms with Crippen LogP contribution in [0.1, 0.15) is 25.8 Å². The molecule has 3 amide bonds. The van der Waals surface area contributed by atoms with E-state index in [4.69, 9.17) is 0 Å². The van der Waals surface area contributed by atoms with Gasteiger partial charge in [-0.3, -0.25) is 19.3 Å². The van der Waals surface area contributed by atoms with Gasteiger partial charge in [-0.2, -0.15) is 0 Å². The maximum Gasteiger partial charge on any atom is 0.321 e. The van der Waals surface area contributed by atoms with E-state index in [1.165, 1.54) is 4.57 Å². The Bertz CT molecular complexity index is 1380. The number of imide groups is 1. The van der Waals surface area contributed by atoms with E-state index in [2.05, 4.69) is 27.8 Å².